The molecule has 20 heavy (non-hydrogen) atoms. The Labute approximate surface area is 132 Å². The van der Waals surface area contributed by atoms with Crippen LogP contribution in [0, 0.1) is 23.7 Å². The van der Waals surface area contributed by atoms with Crippen molar-refractivity contribution < 1.29 is 4.79 Å². The Kier molecular flexibility index (Phi) is 5.74. The minimum Gasteiger partial charge on any atom is -0.289 e. The van der Waals surface area contributed by atoms with Gasteiger partial charge in [-0.25, -0.2) is 0 Å². The molecule has 0 aliphatic heterocycles. The summed E-state index contributed by atoms with van der Waals surface area (Å²) < 4.78 is 0. The molecule has 2 saturated carbocycles. The van der Waals surface area contributed by atoms with Gasteiger partial charge in [0.1, 0.15) is 0 Å². The number of carbonyl (C=O) groups excluding carboxylic acids is 1. The maximum Gasteiger partial charge on any atom is 0.187 e. The lowest BCUT2D eigenvalue weighted by molar-refractivity contribution is -0.114. The zero-order valence-corrected chi connectivity index (χ0v) is 13.9. The second-order valence-corrected chi connectivity index (χ2v) is 6.78. The summed E-state index contributed by atoms with van der Waals surface area (Å²) in [7, 11) is 0. The standard InChI is InChI=1S/C17H24Cl2O/c1-3-11-5-13(6-11)15(9-18)17(20)16(10-19)14-7-12(4-2)8-14/h9-14H,3-8H2,1-2H3/t11-,12-,13-,14-. The van der Waals surface area contributed by atoms with Crippen LogP contribution < -0.4 is 0 Å². The summed E-state index contributed by atoms with van der Waals surface area (Å²) in [6.07, 6.45) is 6.77. The van der Waals surface area contributed by atoms with Gasteiger partial charge in [0.05, 0.1) is 0 Å². The molecule has 0 atom stereocenters. The molecule has 112 valence electrons. The third kappa shape index (κ3) is 3.14. The second-order valence-electron chi connectivity index (χ2n) is 6.34. The van der Waals surface area contributed by atoms with E-state index in [9.17, 15) is 4.79 Å². The molecule has 0 radical (unpaired) electrons. The molecule has 1 nitrogen and oxygen atoms in total. The van der Waals surface area contributed by atoms with Crippen LogP contribution in [0.3, 0.4) is 0 Å². The van der Waals surface area contributed by atoms with E-state index in [-0.39, 0.29) is 5.78 Å². The molecule has 2 fully saturated rings. The Morgan fingerprint density at radius 1 is 0.900 bits per heavy atom. The van der Waals surface area contributed by atoms with Gasteiger partial charge < -0.3 is 0 Å². The number of ketones is 1. The Morgan fingerprint density at radius 3 is 1.50 bits per heavy atom. The summed E-state index contributed by atoms with van der Waals surface area (Å²) >= 11 is 11.9. The smallest absolute Gasteiger partial charge is 0.187 e. The van der Waals surface area contributed by atoms with E-state index in [1.807, 2.05) is 0 Å². The van der Waals surface area contributed by atoms with Crippen molar-refractivity contribution in [2.75, 3.05) is 0 Å². The van der Waals surface area contributed by atoms with Crippen molar-refractivity contribution >= 4 is 29.0 Å². The van der Waals surface area contributed by atoms with E-state index >= 15 is 0 Å². The fourth-order valence-electron chi connectivity index (χ4n) is 3.46. The fraction of sp³-hybridized carbons (Fsp3) is 0.706. The predicted molar refractivity (Wildman–Crippen MR) is 85.9 cm³/mol. The van der Waals surface area contributed by atoms with Crippen LogP contribution in [0.1, 0.15) is 52.4 Å². The predicted octanol–water partition coefficient (Wildman–Crippen LogP) is 5.67. The molecule has 0 unspecified atom stereocenters. The van der Waals surface area contributed by atoms with Crippen LogP contribution in [0.15, 0.2) is 22.2 Å². The van der Waals surface area contributed by atoms with E-state index in [1.165, 1.54) is 23.9 Å². The lowest BCUT2D eigenvalue weighted by Crippen LogP contribution is -2.32. The van der Waals surface area contributed by atoms with E-state index in [0.29, 0.717) is 11.8 Å². The maximum absolute atomic E-state index is 12.7. The molecule has 0 aromatic heterocycles. The van der Waals surface area contributed by atoms with Gasteiger partial charge in [-0.15, -0.1) is 0 Å². The van der Waals surface area contributed by atoms with E-state index in [2.05, 4.69) is 13.8 Å². The minimum atomic E-state index is 0.0918. The molecule has 0 aromatic rings. The summed E-state index contributed by atoms with van der Waals surface area (Å²) in [5.41, 5.74) is 4.55. The Bertz CT molecular complexity index is 375. The van der Waals surface area contributed by atoms with E-state index in [4.69, 9.17) is 23.2 Å². The summed E-state index contributed by atoms with van der Waals surface area (Å²) in [5, 5.41) is 0. The van der Waals surface area contributed by atoms with E-state index in [0.717, 1.165) is 48.7 Å². The van der Waals surface area contributed by atoms with Crippen LogP contribution in [0.2, 0.25) is 0 Å². The zero-order valence-electron chi connectivity index (χ0n) is 12.4. The maximum atomic E-state index is 12.7. The average Bonchev–Trinajstić information content (AvgIpc) is 2.36. The molecule has 2 aliphatic rings. The summed E-state index contributed by atoms with van der Waals surface area (Å²) in [5.74, 6) is 2.30. The van der Waals surface area contributed by atoms with Gasteiger partial charge in [0.25, 0.3) is 0 Å². The third-order valence-corrected chi connectivity index (χ3v) is 5.74. The first kappa shape index (κ1) is 16.1. The highest BCUT2D eigenvalue weighted by molar-refractivity contribution is 6.31. The van der Waals surface area contributed by atoms with E-state index in [1.54, 1.807) is 0 Å². The van der Waals surface area contributed by atoms with Gasteiger partial charge in [-0.3, -0.25) is 4.79 Å². The van der Waals surface area contributed by atoms with Crippen molar-refractivity contribution in [1.82, 2.24) is 0 Å². The Balaban J connectivity index is 1.98. The van der Waals surface area contributed by atoms with Crippen molar-refractivity contribution in [2.24, 2.45) is 23.7 Å². The van der Waals surface area contributed by atoms with Gasteiger partial charge >= 0.3 is 0 Å². The molecule has 0 spiro atoms. The van der Waals surface area contributed by atoms with Crippen LogP contribution in [0.5, 0.6) is 0 Å². The van der Waals surface area contributed by atoms with Gasteiger partial charge in [0.2, 0.25) is 0 Å². The molecule has 2 aliphatic carbocycles. The summed E-state index contributed by atoms with van der Waals surface area (Å²) in [4.78, 5) is 12.7. The van der Waals surface area contributed by atoms with Crippen LogP contribution in [0.4, 0.5) is 0 Å². The topological polar surface area (TPSA) is 17.1 Å². The van der Waals surface area contributed by atoms with Gasteiger partial charge in [-0.05, 0) is 49.4 Å². The lowest BCUT2D eigenvalue weighted by atomic mass is 9.65. The highest BCUT2D eigenvalue weighted by Crippen LogP contribution is 2.45. The highest BCUT2D eigenvalue weighted by atomic mass is 35.5. The summed E-state index contributed by atoms with van der Waals surface area (Å²) in [6, 6.07) is 0. The van der Waals surface area contributed by atoms with Crippen molar-refractivity contribution in [3.05, 3.63) is 22.2 Å². The highest BCUT2D eigenvalue weighted by Gasteiger charge is 2.38. The SMILES string of the molecule is CC[C@H]1C[C@H](C(=CCl)C(=O)C(=CCl)[C@H]2C[C@H](CC)C2)C1. The molecule has 0 N–H and O–H groups in total. The van der Waals surface area contributed by atoms with Crippen molar-refractivity contribution in [3.8, 4) is 0 Å². The van der Waals surface area contributed by atoms with Gasteiger partial charge in [0.15, 0.2) is 5.78 Å². The lowest BCUT2D eigenvalue weighted by Gasteiger charge is -2.39. The van der Waals surface area contributed by atoms with Crippen molar-refractivity contribution in [2.45, 2.75) is 52.4 Å². The number of halogens is 2. The molecule has 0 heterocycles. The molecule has 3 heteroatoms. The summed E-state index contributed by atoms with van der Waals surface area (Å²) in [6.45, 7) is 4.41. The van der Waals surface area contributed by atoms with Crippen LogP contribution in [-0.2, 0) is 4.79 Å². The van der Waals surface area contributed by atoms with Crippen molar-refractivity contribution in [3.63, 3.8) is 0 Å². The van der Waals surface area contributed by atoms with Crippen LogP contribution in [-0.4, -0.2) is 5.78 Å². The number of hydrogen-bond donors (Lipinski definition) is 0. The first-order chi connectivity index (χ1) is 9.64. The number of allylic oxidation sites excluding steroid dienone is 2. The number of carbonyl (C=O) groups is 1. The monoisotopic (exact) mass is 314 g/mol. The molecule has 0 bridgehead atoms. The fourth-order valence-corrected chi connectivity index (χ4v) is 4.02. The van der Waals surface area contributed by atoms with Crippen LogP contribution >= 0.6 is 23.2 Å². The number of rotatable bonds is 6. The van der Waals surface area contributed by atoms with Gasteiger partial charge in [0, 0.05) is 22.2 Å². The van der Waals surface area contributed by atoms with Crippen molar-refractivity contribution in [1.29, 1.82) is 0 Å². The molecular formula is C17H24Cl2O. The molecule has 0 aromatic carbocycles. The first-order valence-electron chi connectivity index (χ1n) is 7.79. The van der Waals surface area contributed by atoms with Gasteiger partial charge in [-0.1, -0.05) is 49.9 Å². The number of Topliss-reactive ketones (excluding diaryl/α,β-unsaturated/α-hetero) is 1. The first-order valence-corrected chi connectivity index (χ1v) is 8.66. The van der Waals surface area contributed by atoms with E-state index < -0.39 is 0 Å². The number of hydrogen-bond acceptors (Lipinski definition) is 1. The normalized spacial score (nSPS) is 34.4. The second kappa shape index (κ2) is 7.13. The third-order valence-electron chi connectivity index (χ3n) is 5.27. The van der Waals surface area contributed by atoms with Gasteiger partial charge in [-0.2, -0.15) is 0 Å². The molecule has 2 rings (SSSR count). The molecular weight excluding hydrogens is 291 g/mol. The quantitative estimate of drug-likeness (QED) is 0.577. The Morgan fingerprint density at radius 2 is 1.25 bits per heavy atom. The Hall–Kier alpha value is -0.270. The van der Waals surface area contributed by atoms with Crippen LogP contribution in [0.25, 0.3) is 0 Å². The molecule has 0 saturated heterocycles. The molecule has 0 amide bonds. The zero-order chi connectivity index (χ0) is 14.7. The average molecular weight is 315 g/mol. The minimum absolute atomic E-state index is 0.0918. The largest absolute Gasteiger partial charge is 0.289 e.